The highest BCUT2D eigenvalue weighted by Crippen LogP contribution is 2.38. The average Bonchev–Trinajstić information content (AvgIpc) is 2.82. The Balaban J connectivity index is 2.42. The van der Waals surface area contributed by atoms with Crippen molar-refractivity contribution in [2.45, 2.75) is 25.8 Å². The first kappa shape index (κ1) is 11.0. The summed E-state index contributed by atoms with van der Waals surface area (Å²) in [5, 5.41) is 20.1. The van der Waals surface area contributed by atoms with Crippen molar-refractivity contribution in [2.24, 2.45) is 11.8 Å². The molecule has 0 aromatic carbocycles. The molecule has 0 aliphatic heterocycles. The van der Waals surface area contributed by atoms with Crippen LogP contribution >= 0.6 is 0 Å². The van der Waals surface area contributed by atoms with E-state index >= 15 is 0 Å². The number of carbonyl (C=O) groups excluding carboxylic acids is 1. The van der Waals surface area contributed by atoms with Gasteiger partial charge in [-0.3, -0.25) is 9.59 Å². The Labute approximate surface area is 82.1 Å². The van der Waals surface area contributed by atoms with Crippen LogP contribution in [0.3, 0.4) is 0 Å². The molecule has 5 nitrogen and oxygen atoms in total. The van der Waals surface area contributed by atoms with Gasteiger partial charge in [-0.15, -0.1) is 0 Å². The number of carbonyl (C=O) groups is 2. The van der Waals surface area contributed by atoms with Gasteiger partial charge in [0.25, 0.3) is 0 Å². The largest absolute Gasteiger partial charge is 0.481 e. The average molecular weight is 201 g/mol. The Hall–Kier alpha value is -1.10. The molecule has 1 saturated carbocycles. The summed E-state index contributed by atoms with van der Waals surface area (Å²) in [7, 11) is 0. The van der Waals surface area contributed by atoms with Gasteiger partial charge in [0, 0.05) is 0 Å². The summed E-state index contributed by atoms with van der Waals surface area (Å²) in [6.45, 7) is 3.20. The fourth-order valence-electron chi connectivity index (χ4n) is 1.22. The Morgan fingerprint density at radius 2 is 2.00 bits per heavy atom. The maximum absolute atomic E-state index is 11.4. The Morgan fingerprint density at radius 3 is 2.36 bits per heavy atom. The summed E-state index contributed by atoms with van der Waals surface area (Å²) in [5.74, 6) is -2.16. The third-order valence-corrected chi connectivity index (χ3v) is 2.30. The lowest BCUT2D eigenvalue weighted by Gasteiger charge is -2.23. The van der Waals surface area contributed by atoms with E-state index in [0.29, 0.717) is 6.42 Å². The van der Waals surface area contributed by atoms with E-state index in [9.17, 15) is 9.59 Å². The van der Waals surface area contributed by atoms with E-state index < -0.39 is 23.3 Å². The van der Waals surface area contributed by atoms with Crippen LogP contribution in [0.25, 0.3) is 0 Å². The topological polar surface area (TPSA) is 86.6 Å². The van der Waals surface area contributed by atoms with Gasteiger partial charge in [0.05, 0.1) is 24.0 Å². The van der Waals surface area contributed by atoms with Gasteiger partial charge in [-0.05, 0) is 20.3 Å². The van der Waals surface area contributed by atoms with E-state index in [4.69, 9.17) is 10.2 Å². The summed E-state index contributed by atoms with van der Waals surface area (Å²) in [6.07, 6.45) is 0.405. The normalized spacial score (nSPS) is 25.6. The zero-order chi connectivity index (χ0) is 10.9. The van der Waals surface area contributed by atoms with E-state index in [1.807, 2.05) is 0 Å². The number of rotatable bonds is 4. The number of aliphatic hydroxyl groups is 1. The smallest absolute Gasteiger partial charge is 0.307 e. The Kier molecular flexibility index (Phi) is 2.80. The minimum absolute atomic E-state index is 0.163. The van der Waals surface area contributed by atoms with Crippen LogP contribution in [0.5, 0.6) is 0 Å². The van der Waals surface area contributed by atoms with Crippen LogP contribution in [0.4, 0.5) is 0 Å². The lowest BCUT2D eigenvalue weighted by molar-refractivity contribution is -0.140. The van der Waals surface area contributed by atoms with Crippen molar-refractivity contribution >= 4 is 11.9 Å². The summed E-state index contributed by atoms with van der Waals surface area (Å²) in [5.41, 5.74) is -0.678. The molecule has 0 saturated heterocycles. The zero-order valence-electron chi connectivity index (χ0n) is 8.28. The van der Waals surface area contributed by atoms with Crippen LogP contribution in [-0.4, -0.2) is 34.2 Å². The Morgan fingerprint density at radius 1 is 1.43 bits per heavy atom. The van der Waals surface area contributed by atoms with Crippen molar-refractivity contribution in [2.75, 3.05) is 6.61 Å². The standard InChI is InChI=1S/C9H15NO4/c1-9(2,4-11)10-7(12)5-3-6(5)8(13)14/h5-6,11H,3-4H2,1-2H3,(H,10,12)(H,13,14). The van der Waals surface area contributed by atoms with E-state index in [-0.39, 0.29) is 12.5 Å². The second kappa shape index (κ2) is 3.57. The second-order valence-electron chi connectivity index (χ2n) is 4.32. The lowest BCUT2D eigenvalue weighted by Crippen LogP contribution is -2.47. The number of carboxylic acid groups (broad SMARTS) is 1. The van der Waals surface area contributed by atoms with E-state index in [2.05, 4.69) is 5.32 Å². The molecular weight excluding hydrogens is 186 g/mol. The third-order valence-electron chi connectivity index (χ3n) is 2.30. The number of amides is 1. The minimum Gasteiger partial charge on any atom is -0.481 e. The lowest BCUT2D eigenvalue weighted by atomic mass is 10.1. The van der Waals surface area contributed by atoms with Gasteiger partial charge in [-0.2, -0.15) is 0 Å². The molecule has 80 valence electrons. The Bertz CT molecular complexity index is 262. The summed E-state index contributed by atoms with van der Waals surface area (Å²) in [4.78, 5) is 21.9. The fourth-order valence-corrected chi connectivity index (χ4v) is 1.22. The maximum Gasteiger partial charge on any atom is 0.307 e. The fraction of sp³-hybridized carbons (Fsp3) is 0.778. The molecule has 0 aromatic rings. The van der Waals surface area contributed by atoms with Gasteiger partial charge >= 0.3 is 5.97 Å². The number of hydrogen-bond acceptors (Lipinski definition) is 3. The molecule has 0 bridgehead atoms. The molecule has 1 fully saturated rings. The minimum atomic E-state index is -0.924. The van der Waals surface area contributed by atoms with Crippen molar-refractivity contribution in [1.82, 2.24) is 5.32 Å². The molecule has 0 radical (unpaired) electrons. The predicted octanol–water partition coefficient (Wildman–Crippen LogP) is -0.406. The second-order valence-corrected chi connectivity index (χ2v) is 4.32. The van der Waals surface area contributed by atoms with Crippen LogP contribution in [0.2, 0.25) is 0 Å². The molecular formula is C9H15NO4. The van der Waals surface area contributed by atoms with Crippen molar-refractivity contribution < 1.29 is 19.8 Å². The number of hydrogen-bond donors (Lipinski definition) is 3. The molecule has 0 aromatic heterocycles. The number of aliphatic carboxylic acids is 1. The maximum atomic E-state index is 11.4. The predicted molar refractivity (Wildman–Crippen MR) is 48.5 cm³/mol. The summed E-state index contributed by atoms with van der Waals surface area (Å²) < 4.78 is 0. The molecule has 1 aliphatic rings. The van der Waals surface area contributed by atoms with Gasteiger partial charge < -0.3 is 15.5 Å². The highest BCUT2D eigenvalue weighted by atomic mass is 16.4. The molecule has 5 heteroatoms. The molecule has 1 rings (SSSR count). The molecule has 2 unspecified atom stereocenters. The van der Waals surface area contributed by atoms with Gasteiger partial charge in [-0.1, -0.05) is 0 Å². The van der Waals surface area contributed by atoms with Crippen molar-refractivity contribution in [3.63, 3.8) is 0 Å². The summed E-state index contributed by atoms with van der Waals surface area (Å²) >= 11 is 0. The van der Waals surface area contributed by atoms with Gasteiger partial charge in [-0.25, -0.2) is 0 Å². The monoisotopic (exact) mass is 201 g/mol. The molecule has 1 amide bonds. The van der Waals surface area contributed by atoms with Crippen LogP contribution in [-0.2, 0) is 9.59 Å². The number of aliphatic hydroxyl groups excluding tert-OH is 1. The first-order valence-electron chi connectivity index (χ1n) is 4.53. The van der Waals surface area contributed by atoms with Crippen LogP contribution < -0.4 is 5.32 Å². The van der Waals surface area contributed by atoms with Crippen molar-refractivity contribution in [1.29, 1.82) is 0 Å². The van der Waals surface area contributed by atoms with Gasteiger partial charge in [0.15, 0.2) is 0 Å². The highest BCUT2D eigenvalue weighted by molar-refractivity contribution is 5.89. The zero-order valence-corrected chi connectivity index (χ0v) is 8.28. The first-order chi connectivity index (χ1) is 6.37. The quantitative estimate of drug-likeness (QED) is 0.577. The van der Waals surface area contributed by atoms with E-state index in [1.165, 1.54) is 0 Å². The van der Waals surface area contributed by atoms with Gasteiger partial charge in [0.2, 0.25) is 5.91 Å². The summed E-state index contributed by atoms with van der Waals surface area (Å²) in [6, 6.07) is 0. The molecule has 0 heterocycles. The number of nitrogens with one attached hydrogen (secondary N) is 1. The van der Waals surface area contributed by atoms with Crippen LogP contribution in [0, 0.1) is 11.8 Å². The molecule has 1 aliphatic carbocycles. The first-order valence-corrected chi connectivity index (χ1v) is 4.53. The highest BCUT2D eigenvalue weighted by Gasteiger charge is 2.49. The molecule has 0 spiro atoms. The van der Waals surface area contributed by atoms with Gasteiger partial charge in [0.1, 0.15) is 0 Å². The van der Waals surface area contributed by atoms with Crippen LogP contribution in [0.1, 0.15) is 20.3 Å². The van der Waals surface area contributed by atoms with Crippen molar-refractivity contribution in [3.05, 3.63) is 0 Å². The van der Waals surface area contributed by atoms with E-state index in [1.54, 1.807) is 13.8 Å². The van der Waals surface area contributed by atoms with Crippen molar-refractivity contribution in [3.8, 4) is 0 Å². The third kappa shape index (κ3) is 2.45. The number of carboxylic acids is 1. The molecule has 3 N–H and O–H groups in total. The SMILES string of the molecule is CC(C)(CO)NC(=O)C1CC1C(=O)O. The van der Waals surface area contributed by atoms with E-state index in [0.717, 1.165) is 0 Å². The molecule has 2 atom stereocenters. The molecule has 14 heavy (non-hydrogen) atoms. The van der Waals surface area contributed by atoms with Crippen LogP contribution in [0.15, 0.2) is 0 Å².